The molecular formula is C20H28N2O4. The molecule has 1 saturated heterocycles. The largest absolute Gasteiger partial charge is 0.493 e. The molecule has 1 amide bonds. The van der Waals surface area contributed by atoms with Crippen LogP contribution >= 0.6 is 0 Å². The summed E-state index contributed by atoms with van der Waals surface area (Å²) in [5, 5.41) is 3.10. The molecule has 1 aliphatic rings. The van der Waals surface area contributed by atoms with Gasteiger partial charge in [-0.2, -0.15) is 0 Å². The molecule has 26 heavy (non-hydrogen) atoms. The monoisotopic (exact) mass is 360 g/mol. The van der Waals surface area contributed by atoms with E-state index < -0.39 is 0 Å². The lowest BCUT2D eigenvalue weighted by Gasteiger charge is -2.30. The first kappa shape index (κ1) is 19.9. The fourth-order valence-corrected chi connectivity index (χ4v) is 3.25. The number of hydrogen-bond donors (Lipinski definition) is 1. The number of methoxy groups -OCH3 is 3. The Labute approximate surface area is 155 Å². The van der Waals surface area contributed by atoms with Crippen molar-refractivity contribution in [2.75, 3.05) is 41.0 Å². The first-order chi connectivity index (χ1) is 12.5. The van der Waals surface area contributed by atoms with Crippen LogP contribution in [0.4, 0.5) is 0 Å². The van der Waals surface area contributed by atoms with Gasteiger partial charge in [0.1, 0.15) is 0 Å². The molecule has 1 unspecified atom stereocenters. The van der Waals surface area contributed by atoms with Crippen LogP contribution in [-0.2, 0) is 4.79 Å². The Hall–Kier alpha value is -2.39. The average molecular weight is 360 g/mol. The van der Waals surface area contributed by atoms with Crippen molar-refractivity contribution in [3.63, 3.8) is 0 Å². The van der Waals surface area contributed by atoms with Crippen LogP contribution in [0.3, 0.4) is 0 Å². The number of benzene rings is 1. The van der Waals surface area contributed by atoms with Crippen molar-refractivity contribution in [2.45, 2.75) is 25.8 Å². The lowest BCUT2D eigenvalue weighted by atomic mass is 9.95. The van der Waals surface area contributed by atoms with Gasteiger partial charge in [0, 0.05) is 5.92 Å². The SMILES string of the molecule is C#CCN1CCC(C(=O)NC(C)c2cc(OC)c(OC)c(OC)c2)CC1. The zero-order chi connectivity index (χ0) is 19.1. The van der Waals surface area contributed by atoms with E-state index in [1.54, 1.807) is 21.3 Å². The van der Waals surface area contributed by atoms with Gasteiger partial charge in [-0.15, -0.1) is 6.42 Å². The predicted octanol–water partition coefficient (Wildman–Crippen LogP) is 2.23. The quantitative estimate of drug-likeness (QED) is 0.756. The van der Waals surface area contributed by atoms with Gasteiger partial charge in [0.2, 0.25) is 11.7 Å². The van der Waals surface area contributed by atoms with E-state index in [4.69, 9.17) is 20.6 Å². The Morgan fingerprint density at radius 3 is 2.27 bits per heavy atom. The highest BCUT2D eigenvalue weighted by Gasteiger charge is 2.26. The number of carbonyl (C=O) groups excluding carboxylic acids is 1. The molecule has 1 heterocycles. The van der Waals surface area contributed by atoms with E-state index in [-0.39, 0.29) is 17.9 Å². The molecule has 1 aromatic rings. The second-order valence-electron chi connectivity index (χ2n) is 6.44. The Balaban J connectivity index is 2.04. The Kier molecular flexibility index (Phi) is 7.16. The molecule has 0 radical (unpaired) electrons. The van der Waals surface area contributed by atoms with Crippen LogP contribution in [0.2, 0.25) is 0 Å². The van der Waals surface area contributed by atoms with Gasteiger partial charge < -0.3 is 19.5 Å². The Morgan fingerprint density at radius 1 is 1.23 bits per heavy atom. The number of carbonyl (C=O) groups is 1. The fraction of sp³-hybridized carbons (Fsp3) is 0.550. The summed E-state index contributed by atoms with van der Waals surface area (Å²) in [5.74, 6) is 4.44. The third kappa shape index (κ3) is 4.61. The standard InChI is InChI=1S/C20H28N2O4/c1-6-9-22-10-7-15(8-11-22)20(23)21-14(2)16-12-17(24-3)19(26-5)18(13-16)25-4/h1,12-15H,7-11H2,2-5H3,(H,21,23). The summed E-state index contributed by atoms with van der Waals surface area (Å²) in [6.07, 6.45) is 7.01. The zero-order valence-electron chi connectivity index (χ0n) is 16.0. The molecule has 1 atom stereocenters. The maximum absolute atomic E-state index is 12.6. The lowest BCUT2D eigenvalue weighted by molar-refractivity contribution is -0.127. The van der Waals surface area contributed by atoms with E-state index in [0.717, 1.165) is 31.5 Å². The molecule has 0 spiro atoms. The molecule has 1 aromatic carbocycles. The van der Waals surface area contributed by atoms with E-state index >= 15 is 0 Å². The molecule has 1 N–H and O–H groups in total. The van der Waals surface area contributed by atoms with Gasteiger partial charge >= 0.3 is 0 Å². The van der Waals surface area contributed by atoms with E-state index in [0.29, 0.717) is 23.8 Å². The number of terminal acetylenes is 1. The van der Waals surface area contributed by atoms with Crippen LogP contribution in [0.25, 0.3) is 0 Å². The molecule has 6 nitrogen and oxygen atoms in total. The Morgan fingerprint density at radius 2 is 1.81 bits per heavy atom. The van der Waals surface area contributed by atoms with E-state index in [1.807, 2.05) is 19.1 Å². The van der Waals surface area contributed by atoms with Crippen LogP contribution in [0.5, 0.6) is 17.2 Å². The molecular weight excluding hydrogens is 332 g/mol. The highest BCUT2D eigenvalue weighted by molar-refractivity contribution is 5.79. The second kappa shape index (κ2) is 9.35. The van der Waals surface area contributed by atoms with Crippen molar-refractivity contribution >= 4 is 5.91 Å². The highest BCUT2D eigenvalue weighted by atomic mass is 16.5. The minimum absolute atomic E-state index is 0.0218. The maximum atomic E-state index is 12.6. The lowest BCUT2D eigenvalue weighted by Crippen LogP contribution is -2.41. The summed E-state index contributed by atoms with van der Waals surface area (Å²) in [6.45, 7) is 4.32. The smallest absolute Gasteiger partial charge is 0.223 e. The molecule has 0 aromatic heterocycles. The minimum Gasteiger partial charge on any atom is -0.493 e. The topological polar surface area (TPSA) is 60.0 Å². The van der Waals surface area contributed by atoms with Crippen LogP contribution < -0.4 is 19.5 Å². The first-order valence-electron chi connectivity index (χ1n) is 8.80. The number of nitrogens with zero attached hydrogens (tertiary/aromatic N) is 1. The summed E-state index contributed by atoms with van der Waals surface area (Å²) in [6, 6.07) is 3.56. The predicted molar refractivity (Wildman–Crippen MR) is 101 cm³/mol. The number of nitrogens with one attached hydrogen (secondary N) is 1. The molecule has 0 saturated carbocycles. The van der Waals surface area contributed by atoms with Crippen molar-refractivity contribution in [1.29, 1.82) is 0 Å². The molecule has 0 aliphatic carbocycles. The minimum atomic E-state index is -0.167. The molecule has 0 bridgehead atoms. The van der Waals surface area contributed by atoms with E-state index in [2.05, 4.69) is 16.1 Å². The van der Waals surface area contributed by atoms with Crippen LogP contribution in [0, 0.1) is 18.3 Å². The van der Waals surface area contributed by atoms with Gasteiger partial charge in [0.05, 0.1) is 33.9 Å². The summed E-state index contributed by atoms with van der Waals surface area (Å²) < 4.78 is 16.1. The molecule has 1 fully saturated rings. The van der Waals surface area contributed by atoms with Crippen molar-refractivity contribution in [2.24, 2.45) is 5.92 Å². The van der Waals surface area contributed by atoms with Gasteiger partial charge in [-0.3, -0.25) is 9.69 Å². The zero-order valence-corrected chi connectivity index (χ0v) is 16.0. The van der Waals surface area contributed by atoms with Crippen molar-refractivity contribution in [3.05, 3.63) is 17.7 Å². The molecule has 6 heteroatoms. The van der Waals surface area contributed by atoms with E-state index in [1.165, 1.54) is 0 Å². The third-order valence-corrected chi connectivity index (χ3v) is 4.82. The third-order valence-electron chi connectivity index (χ3n) is 4.82. The van der Waals surface area contributed by atoms with Gasteiger partial charge in [0.15, 0.2) is 11.5 Å². The van der Waals surface area contributed by atoms with Crippen molar-refractivity contribution < 1.29 is 19.0 Å². The Bertz CT molecular complexity index is 635. The average Bonchev–Trinajstić information content (AvgIpc) is 2.67. The fourth-order valence-electron chi connectivity index (χ4n) is 3.25. The maximum Gasteiger partial charge on any atom is 0.223 e. The summed E-state index contributed by atoms with van der Waals surface area (Å²) >= 11 is 0. The first-order valence-corrected chi connectivity index (χ1v) is 8.80. The number of rotatable bonds is 7. The number of ether oxygens (including phenoxy) is 3. The van der Waals surface area contributed by atoms with Gasteiger partial charge in [-0.25, -0.2) is 0 Å². The van der Waals surface area contributed by atoms with Gasteiger partial charge in [-0.05, 0) is 50.6 Å². The van der Waals surface area contributed by atoms with Crippen molar-refractivity contribution in [1.82, 2.24) is 10.2 Å². The number of piperidine rings is 1. The summed E-state index contributed by atoms with van der Waals surface area (Å²) in [7, 11) is 4.72. The van der Waals surface area contributed by atoms with Gasteiger partial charge in [0.25, 0.3) is 0 Å². The molecule has 1 aliphatic heterocycles. The van der Waals surface area contributed by atoms with E-state index in [9.17, 15) is 4.79 Å². The normalized spacial score (nSPS) is 16.4. The number of amides is 1. The van der Waals surface area contributed by atoms with Crippen LogP contribution in [-0.4, -0.2) is 51.8 Å². The molecule has 2 rings (SSSR count). The van der Waals surface area contributed by atoms with Crippen LogP contribution in [0.1, 0.15) is 31.4 Å². The number of likely N-dealkylation sites (tertiary alicyclic amines) is 1. The summed E-state index contributed by atoms with van der Waals surface area (Å²) in [5.41, 5.74) is 0.901. The molecule has 142 valence electrons. The summed E-state index contributed by atoms with van der Waals surface area (Å²) in [4.78, 5) is 14.8. The second-order valence-corrected chi connectivity index (χ2v) is 6.44. The highest BCUT2D eigenvalue weighted by Crippen LogP contribution is 2.39. The van der Waals surface area contributed by atoms with Gasteiger partial charge in [-0.1, -0.05) is 5.92 Å². The van der Waals surface area contributed by atoms with Crippen molar-refractivity contribution in [3.8, 4) is 29.6 Å². The number of hydrogen-bond acceptors (Lipinski definition) is 5. The van der Waals surface area contributed by atoms with Crippen LogP contribution in [0.15, 0.2) is 12.1 Å².